The Bertz CT molecular complexity index is 986. The molecule has 2 aliphatic heterocycles. The maximum absolute atomic E-state index is 12.2. The van der Waals surface area contributed by atoms with Gasteiger partial charge >= 0.3 is 5.97 Å². The van der Waals surface area contributed by atoms with E-state index in [0.29, 0.717) is 29.1 Å². The van der Waals surface area contributed by atoms with E-state index in [0.717, 1.165) is 50.3 Å². The van der Waals surface area contributed by atoms with Crippen molar-refractivity contribution in [1.82, 2.24) is 9.47 Å². The van der Waals surface area contributed by atoms with Gasteiger partial charge in [0.25, 0.3) is 5.56 Å². The number of likely N-dealkylation sites (tertiary alicyclic amines) is 1. The first-order valence-electron chi connectivity index (χ1n) is 10.6. The van der Waals surface area contributed by atoms with E-state index in [1.165, 1.54) is 0 Å². The molecule has 1 aromatic carbocycles. The molecule has 1 aromatic heterocycles. The minimum atomic E-state index is -0.296. The number of hydrogen-bond acceptors (Lipinski definition) is 4. The molecule has 0 unspecified atom stereocenters. The Morgan fingerprint density at radius 2 is 1.97 bits per heavy atom. The molecule has 1 saturated heterocycles. The first kappa shape index (κ1) is 20.6. The van der Waals surface area contributed by atoms with Crippen LogP contribution in [0.5, 0.6) is 0 Å². The Morgan fingerprint density at radius 1 is 1.17 bits per heavy atom. The molecule has 158 valence electrons. The van der Waals surface area contributed by atoms with Crippen molar-refractivity contribution in [3.63, 3.8) is 0 Å². The van der Waals surface area contributed by atoms with Crippen molar-refractivity contribution in [2.45, 2.75) is 38.6 Å². The van der Waals surface area contributed by atoms with E-state index in [4.69, 9.17) is 17.0 Å². The number of nitrogens with zero attached hydrogens (tertiary/aromatic N) is 2. The highest BCUT2D eigenvalue weighted by molar-refractivity contribution is 7.80. The average molecular weight is 426 g/mol. The second kappa shape index (κ2) is 9.00. The van der Waals surface area contributed by atoms with Crippen LogP contribution < -0.4 is 10.9 Å². The summed E-state index contributed by atoms with van der Waals surface area (Å²) in [5.41, 5.74) is 2.58. The monoisotopic (exact) mass is 425 g/mol. The fourth-order valence-electron chi connectivity index (χ4n) is 4.35. The van der Waals surface area contributed by atoms with E-state index in [1.54, 1.807) is 18.2 Å². The Morgan fingerprint density at radius 3 is 2.73 bits per heavy atom. The first-order chi connectivity index (χ1) is 14.5. The van der Waals surface area contributed by atoms with Gasteiger partial charge in [0.05, 0.1) is 12.2 Å². The van der Waals surface area contributed by atoms with E-state index in [-0.39, 0.29) is 11.5 Å². The highest BCUT2D eigenvalue weighted by Gasteiger charge is 2.35. The van der Waals surface area contributed by atoms with Crippen LogP contribution in [0.1, 0.15) is 48.2 Å². The number of carbonyl (C=O) groups is 1. The molecule has 0 spiro atoms. The molecule has 30 heavy (non-hydrogen) atoms. The van der Waals surface area contributed by atoms with Crippen molar-refractivity contribution in [3.05, 3.63) is 64.1 Å². The van der Waals surface area contributed by atoms with Crippen LogP contribution in [-0.4, -0.2) is 40.2 Å². The molecule has 0 aliphatic carbocycles. The molecular weight excluding hydrogens is 398 g/mol. The molecule has 1 fully saturated rings. The topological polar surface area (TPSA) is 63.6 Å². The molecule has 2 bridgehead atoms. The van der Waals surface area contributed by atoms with Gasteiger partial charge in [0.1, 0.15) is 0 Å². The molecule has 2 aliphatic rings. The molecule has 4 rings (SSSR count). The van der Waals surface area contributed by atoms with Gasteiger partial charge in [-0.2, -0.15) is 0 Å². The number of unbranched alkanes of at least 4 members (excludes halogenated alkanes) is 1. The summed E-state index contributed by atoms with van der Waals surface area (Å²) >= 11 is 5.67. The third-order valence-electron chi connectivity index (χ3n) is 5.87. The van der Waals surface area contributed by atoms with Crippen LogP contribution in [0, 0.1) is 5.92 Å². The molecule has 0 radical (unpaired) electrons. The summed E-state index contributed by atoms with van der Waals surface area (Å²) < 4.78 is 7.17. The van der Waals surface area contributed by atoms with Gasteiger partial charge in [-0.3, -0.25) is 4.79 Å². The lowest BCUT2D eigenvalue weighted by Crippen LogP contribution is -2.50. The molecule has 0 saturated carbocycles. The normalized spacial score (nSPS) is 19.7. The van der Waals surface area contributed by atoms with Crippen molar-refractivity contribution < 1.29 is 9.53 Å². The van der Waals surface area contributed by atoms with Gasteiger partial charge in [0.15, 0.2) is 5.11 Å². The summed E-state index contributed by atoms with van der Waals surface area (Å²) in [7, 11) is 0. The summed E-state index contributed by atoms with van der Waals surface area (Å²) in [6.45, 7) is 4.90. The van der Waals surface area contributed by atoms with Crippen LogP contribution in [-0.2, 0) is 11.3 Å². The number of ether oxygens (including phenoxy) is 1. The number of anilines is 1. The lowest BCUT2D eigenvalue weighted by atomic mass is 9.83. The zero-order valence-corrected chi connectivity index (χ0v) is 18.0. The van der Waals surface area contributed by atoms with Gasteiger partial charge in [-0.15, -0.1) is 0 Å². The molecule has 3 heterocycles. The number of rotatable bonds is 5. The van der Waals surface area contributed by atoms with Crippen molar-refractivity contribution in [1.29, 1.82) is 0 Å². The Kier molecular flexibility index (Phi) is 6.18. The van der Waals surface area contributed by atoms with Crippen LogP contribution in [0.25, 0.3) is 0 Å². The highest BCUT2D eigenvalue weighted by atomic mass is 32.1. The SMILES string of the molecule is CCCCOC(=O)c1ccc(NC(=S)N2C[C@@H]3C[C@@H](C2)c2cccc(=O)n2C3)cc1. The lowest BCUT2D eigenvalue weighted by Gasteiger charge is -2.43. The Labute approximate surface area is 181 Å². The number of thiocarbonyl (C=S) groups is 1. The second-order valence-corrected chi connectivity index (χ2v) is 8.49. The maximum atomic E-state index is 12.2. The summed E-state index contributed by atoms with van der Waals surface area (Å²) in [4.78, 5) is 26.4. The van der Waals surface area contributed by atoms with Crippen molar-refractivity contribution in [2.24, 2.45) is 5.92 Å². The summed E-state index contributed by atoms with van der Waals surface area (Å²) in [5, 5.41) is 3.97. The molecule has 2 atom stereocenters. The van der Waals surface area contributed by atoms with Crippen LogP contribution in [0.15, 0.2) is 47.3 Å². The minimum absolute atomic E-state index is 0.0877. The summed E-state index contributed by atoms with van der Waals surface area (Å²) in [6.07, 6.45) is 2.96. The smallest absolute Gasteiger partial charge is 0.338 e. The van der Waals surface area contributed by atoms with Crippen LogP contribution in [0.2, 0.25) is 0 Å². The molecular formula is C23H27N3O3S. The maximum Gasteiger partial charge on any atom is 0.338 e. The summed E-state index contributed by atoms with van der Waals surface area (Å²) in [5.74, 6) is 0.429. The zero-order valence-electron chi connectivity index (χ0n) is 17.2. The number of pyridine rings is 1. The van der Waals surface area contributed by atoms with Crippen molar-refractivity contribution >= 4 is 29.0 Å². The molecule has 1 N–H and O–H groups in total. The molecule has 6 nitrogen and oxygen atoms in total. The van der Waals surface area contributed by atoms with E-state index >= 15 is 0 Å². The standard InChI is InChI=1S/C23H27N3O3S/c1-2-3-11-29-22(28)17-7-9-19(10-8-17)24-23(30)25-13-16-12-18(15-25)20-5-4-6-21(27)26(20)14-16/h4-10,16,18H,2-3,11-15H2,1H3,(H,24,30)/t16-,18-/m0/s1. The number of benzene rings is 1. The number of carbonyl (C=O) groups excluding carboxylic acids is 1. The third-order valence-corrected chi connectivity index (χ3v) is 6.23. The third kappa shape index (κ3) is 4.41. The Balaban J connectivity index is 1.38. The van der Waals surface area contributed by atoms with Crippen molar-refractivity contribution in [3.8, 4) is 0 Å². The van der Waals surface area contributed by atoms with E-state index in [9.17, 15) is 9.59 Å². The van der Waals surface area contributed by atoms with Gasteiger partial charge in [-0.25, -0.2) is 4.79 Å². The van der Waals surface area contributed by atoms with Gasteiger partial charge < -0.3 is 19.5 Å². The first-order valence-corrected chi connectivity index (χ1v) is 11.0. The van der Waals surface area contributed by atoms with E-state index in [2.05, 4.69) is 23.2 Å². The molecule has 7 heteroatoms. The van der Waals surface area contributed by atoms with Gasteiger partial charge in [-0.05, 0) is 61.3 Å². The number of piperidine rings is 1. The van der Waals surface area contributed by atoms with Crippen LogP contribution >= 0.6 is 12.2 Å². The fraction of sp³-hybridized carbons (Fsp3) is 0.435. The van der Waals surface area contributed by atoms with Gasteiger partial charge in [0.2, 0.25) is 0 Å². The number of nitrogens with one attached hydrogen (secondary N) is 1. The van der Waals surface area contributed by atoms with Crippen molar-refractivity contribution in [2.75, 3.05) is 25.0 Å². The van der Waals surface area contributed by atoms with E-state index < -0.39 is 0 Å². The number of hydrogen-bond donors (Lipinski definition) is 1. The highest BCUT2D eigenvalue weighted by Crippen LogP contribution is 2.35. The Hall–Kier alpha value is -2.67. The molecule has 0 amide bonds. The number of aromatic nitrogens is 1. The van der Waals surface area contributed by atoms with Gasteiger partial charge in [0, 0.05) is 43.0 Å². The second-order valence-electron chi connectivity index (χ2n) is 8.10. The lowest BCUT2D eigenvalue weighted by molar-refractivity contribution is 0.0500. The molecule has 2 aromatic rings. The van der Waals surface area contributed by atoms with Crippen LogP contribution in [0.4, 0.5) is 5.69 Å². The number of fused-ring (bicyclic) bond motifs is 4. The van der Waals surface area contributed by atoms with Gasteiger partial charge in [-0.1, -0.05) is 19.4 Å². The summed E-state index contributed by atoms with van der Waals surface area (Å²) in [6, 6.07) is 12.8. The van der Waals surface area contributed by atoms with E-state index in [1.807, 2.05) is 22.8 Å². The average Bonchev–Trinajstić information content (AvgIpc) is 2.75. The quantitative estimate of drug-likeness (QED) is 0.448. The number of esters is 1. The minimum Gasteiger partial charge on any atom is -0.462 e. The predicted octanol–water partition coefficient (Wildman–Crippen LogP) is 3.62. The zero-order chi connectivity index (χ0) is 21.1. The fourth-order valence-corrected chi connectivity index (χ4v) is 4.61. The van der Waals surface area contributed by atoms with Crippen LogP contribution in [0.3, 0.4) is 0 Å². The largest absolute Gasteiger partial charge is 0.462 e. The predicted molar refractivity (Wildman–Crippen MR) is 121 cm³/mol.